The van der Waals surface area contributed by atoms with E-state index in [0.29, 0.717) is 18.0 Å². The number of carbonyl (C=O) groups excluding carboxylic acids is 1. The molecule has 6 nitrogen and oxygen atoms in total. The number of nitrogens with zero attached hydrogens (tertiary/aromatic N) is 4. The Morgan fingerprint density at radius 2 is 2.24 bits per heavy atom. The molecular weight excluding hydrogens is 288 g/mol. The number of rotatable bonds is 7. The largest absolute Gasteiger partial charge is 0.493 e. The molecule has 21 heavy (non-hydrogen) atoms. The quantitative estimate of drug-likeness (QED) is 0.728. The number of methoxy groups -OCH3 is 1. The van der Waals surface area contributed by atoms with Crippen LogP contribution in [0, 0.1) is 6.92 Å². The van der Waals surface area contributed by atoms with Crippen molar-refractivity contribution in [3.63, 3.8) is 0 Å². The van der Waals surface area contributed by atoms with Gasteiger partial charge in [-0.3, -0.25) is 9.48 Å². The Labute approximate surface area is 128 Å². The number of aryl methyl sites for hydroxylation is 1. The van der Waals surface area contributed by atoms with Gasteiger partial charge >= 0.3 is 0 Å². The van der Waals surface area contributed by atoms with Gasteiger partial charge in [0.2, 0.25) is 0 Å². The van der Waals surface area contributed by atoms with E-state index in [0.717, 1.165) is 17.2 Å². The molecule has 0 bridgehead atoms. The number of ketones is 1. The molecule has 0 saturated heterocycles. The first-order valence-electron chi connectivity index (χ1n) is 6.70. The lowest BCUT2D eigenvalue weighted by molar-refractivity contribution is 0.0978. The van der Waals surface area contributed by atoms with Gasteiger partial charge < -0.3 is 9.64 Å². The average molecular weight is 308 g/mol. The summed E-state index contributed by atoms with van der Waals surface area (Å²) in [7, 11) is 5.53. The number of likely N-dealkylation sites (N-methyl/N-ethyl adjacent to an activating group) is 1. The predicted octanol–water partition coefficient (Wildman–Crippen LogP) is 1.64. The third kappa shape index (κ3) is 3.89. The highest BCUT2D eigenvalue weighted by molar-refractivity contribution is 7.09. The number of hydrogen-bond acceptors (Lipinski definition) is 6. The molecule has 0 atom stereocenters. The molecule has 0 amide bonds. The molecule has 2 aromatic rings. The van der Waals surface area contributed by atoms with Gasteiger partial charge in [-0.25, -0.2) is 4.98 Å². The lowest BCUT2D eigenvalue weighted by Crippen LogP contribution is -2.22. The highest BCUT2D eigenvalue weighted by atomic mass is 32.1. The van der Waals surface area contributed by atoms with E-state index in [9.17, 15) is 4.79 Å². The predicted molar refractivity (Wildman–Crippen MR) is 82.2 cm³/mol. The van der Waals surface area contributed by atoms with Crippen molar-refractivity contribution in [2.24, 2.45) is 0 Å². The van der Waals surface area contributed by atoms with Crippen LogP contribution in [0.2, 0.25) is 0 Å². The lowest BCUT2D eigenvalue weighted by Gasteiger charge is -2.11. The zero-order valence-corrected chi connectivity index (χ0v) is 13.6. The van der Waals surface area contributed by atoms with E-state index >= 15 is 0 Å². The normalized spacial score (nSPS) is 11.1. The van der Waals surface area contributed by atoms with Crippen molar-refractivity contribution in [3.8, 4) is 5.75 Å². The monoisotopic (exact) mass is 308 g/mol. The highest BCUT2D eigenvalue weighted by Crippen LogP contribution is 2.20. The minimum atomic E-state index is -0.0200. The van der Waals surface area contributed by atoms with Gasteiger partial charge in [-0.15, -0.1) is 11.3 Å². The Morgan fingerprint density at radius 1 is 1.48 bits per heavy atom. The summed E-state index contributed by atoms with van der Waals surface area (Å²) in [6, 6.07) is 0. The first-order valence-corrected chi connectivity index (χ1v) is 7.58. The molecule has 0 unspecified atom stereocenters. The summed E-state index contributed by atoms with van der Waals surface area (Å²) in [6.07, 6.45) is 1.86. The minimum absolute atomic E-state index is 0.0200. The molecule has 0 saturated carbocycles. The second-order valence-corrected chi connectivity index (χ2v) is 6.11. The van der Waals surface area contributed by atoms with E-state index in [4.69, 9.17) is 4.74 Å². The average Bonchev–Trinajstić information content (AvgIpc) is 3.02. The van der Waals surface area contributed by atoms with Crippen LogP contribution >= 0.6 is 11.3 Å². The van der Waals surface area contributed by atoms with Crippen LogP contribution in [-0.2, 0) is 13.0 Å². The van der Waals surface area contributed by atoms with Crippen molar-refractivity contribution >= 4 is 17.1 Å². The van der Waals surface area contributed by atoms with Crippen LogP contribution in [0.15, 0.2) is 11.6 Å². The van der Waals surface area contributed by atoms with Crippen molar-refractivity contribution in [2.45, 2.75) is 19.9 Å². The van der Waals surface area contributed by atoms with E-state index in [1.54, 1.807) is 29.3 Å². The summed E-state index contributed by atoms with van der Waals surface area (Å²) in [5.41, 5.74) is 1.31. The third-order valence-electron chi connectivity index (χ3n) is 3.06. The van der Waals surface area contributed by atoms with Crippen molar-refractivity contribution in [1.29, 1.82) is 0 Å². The molecule has 0 N–H and O–H groups in total. The van der Waals surface area contributed by atoms with Crippen LogP contribution in [0.4, 0.5) is 0 Å². The fourth-order valence-electron chi connectivity index (χ4n) is 2.00. The van der Waals surface area contributed by atoms with E-state index in [2.05, 4.69) is 10.1 Å². The van der Waals surface area contributed by atoms with Crippen molar-refractivity contribution in [3.05, 3.63) is 28.0 Å². The van der Waals surface area contributed by atoms with Crippen LogP contribution in [-0.4, -0.2) is 53.2 Å². The molecule has 0 fully saturated rings. The highest BCUT2D eigenvalue weighted by Gasteiger charge is 2.20. The Balaban J connectivity index is 2.19. The molecule has 2 heterocycles. The SMILES string of the molecule is COc1cnn(CCN(C)C)c1C(=O)Cc1csc(C)n1. The van der Waals surface area contributed by atoms with Gasteiger partial charge in [0, 0.05) is 11.9 Å². The van der Waals surface area contributed by atoms with Crippen LogP contribution in [0.25, 0.3) is 0 Å². The van der Waals surface area contributed by atoms with Crippen LogP contribution in [0.1, 0.15) is 21.2 Å². The summed E-state index contributed by atoms with van der Waals surface area (Å²) in [5.74, 6) is 0.499. The van der Waals surface area contributed by atoms with Crippen molar-refractivity contribution in [1.82, 2.24) is 19.7 Å². The standard InChI is InChI=1S/C14H20N4O2S/c1-10-16-11(9-21-10)7-12(19)14-13(20-4)8-15-18(14)6-5-17(2)3/h8-9H,5-7H2,1-4H3. The van der Waals surface area contributed by atoms with Gasteiger partial charge in [-0.05, 0) is 21.0 Å². The molecule has 2 aromatic heterocycles. The molecule has 0 aliphatic carbocycles. The van der Waals surface area contributed by atoms with Gasteiger partial charge in [0.25, 0.3) is 0 Å². The minimum Gasteiger partial charge on any atom is -0.493 e. The first kappa shape index (κ1) is 15.7. The number of aromatic nitrogens is 3. The number of carbonyl (C=O) groups is 1. The van der Waals surface area contributed by atoms with E-state index in [1.165, 1.54) is 0 Å². The number of thiazole rings is 1. The Bertz CT molecular complexity index is 618. The molecule has 7 heteroatoms. The molecule has 0 aromatic carbocycles. The van der Waals surface area contributed by atoms with Crippen LogP contribution in [0.5, 0.6) is 5.75 Å². The van der Waals surface area contributed by atoms with Gasteiger partial charge in [0.1, 0.15) is 5.69 Å². The van der Waals surface area contributed by atoms with Crippen molar-refractivity contribution < 1.29 is 9.53 Å². The number of ether oxygens (including phenoxy) is 1. The number of hydrogen-bond donors (Lipinski definition) is 0. The fraction of sp³-hybridized carbons (Fsp3) is 0.500. The summed E-state index contributed by atoms with van der Waals surface area (Å²) >= 11 is 1.55. The molecule has 0 aliphatic rings. The maximum absolute atomic E-state index is 12.5. The maximum atomic E-state index is 12.5. The summed E-state index contributed by atoms with van der Waals surface area (Å²) in [5, 5.41) is 7.13. The fourth-order valence-corrected chi connectivity index (χ4v) is 2.61. The topological polar surface area (TPSA) is 60.2 Å². The molecule has 0 aliphatic heterocycles. The second kappa shape index (κ2) is 6.82. The zero-order valence-electron chi connectivity index (χ0n) is 12.8. The van der Waals surface area contributed by atoms with E-state index in [-0.39, 0.29) is 12.2 Å². The second-order valence-electron chi connectivity index (χ2n) is 5.05. The Kier molecular flexibility index (Phi) is 5.08. The van der Waals surface area contributed by atoms with Gasteiger partial charge in [0.05, 0.1) is 37.0 Å². The smallest absolute Gasteiger partial charge is 0.190 e. The molecular formula is C14H20N4O2S. The van der Waals surface area contributed by atoms with Crippen LogP contribution < -0.4 is 4.74 Å². The molecule has 2 rings (SSSR count). The van der Waals surface area contributed by atoms with Crippen LogP contribution in [0.3, 0.4) is 0 Å². The zero-order chi connectivity index (χ0) is 15.4. The number of Topliss-reactive ketones (excluding diaryl/α,β-unsaturated/α-hetero) is 1. The summed E-state index contributed by atoms with van der Waals surface area (Å²) in [4.78, 5) is 18.9. The summed E-state index contributed by atoms with van der Waals surface area (Å²) in [6.45, 7) is 3.38. The van der Waals surface area contributed by atoms with Gasteiger partial charge in [-0.2, -0.15) is 5.10 Å². The Morgan fingerprint density at radius 3 is 2.81 bits per heavy atom. The lowest BCUT2D eigenvalue weighted by atomic mass is 10.1. The Hall–Kier alpha value is -1.73. The first-order chi connectivity index (χ1) is 10.0. The molecule has 114 valence electrons. The van der Waals surface area contributed by atoms with E-state index < -0.39 is 0 Å². The van der Waals surface area contributed by atoms with Crippen molar-refractivity contribution in [2.75, 3.05) is 27.7 Å². The molecule has 0 spiro atoms. The van der Waals surface area contributed by atoms with Gasteiger partial charge in [0.15, 0.2) is 11.5 Å². The maximum Gasteiger partial charge on any atom is 0.190 e. The van der Waals surface area contributed by atoms with E-state index in [1.807, 2.05) is 31.3 Å². The summed E-state index contributed by atoms with van der Waals surface area (Å²) < 4.78 is 6.97. The molecule has 0 radical (unpaired) electrons. The third-order valence-corrected chi connectivity index (χ3v) is 3.88. The van der Waals surface area contributed by atoms with Gasteiger partial charge in [-0.1, -0.05) is 0 Å².